The summed E-state index contributed by atoms with van der Waals surface area (Å²) in [4.78, 5) is 12.1. The largest absolute Gasteiger partial charge is 0.505 e. The smallest absolute Gasteiger partial charge is 0.358 e. The van der Waals surface area contributed by atoms with Gasteiger partial charge in [0, 0.05) is 16.8 Å². The zero-order chi connectivity index (χ0) is 16.4. The molecular formula is C18H14ClNO3. The molecule has 0 aliphatic rings. The second-order valence-electron chi connectivity index (χ2n) is 4.93. The highest BCUT2D eigenvalue weighted by Gasteiger charge is 2.23. The maximum absolute atomic E-state index is 12.1. The molecule has 5 heteroatoms. The fourth-order valence-electron chi connectivity index (χ4n) is 2.47. The Morgan fingerprint density at radius 2 is 1.74 bits per heavy atom. The van der Waals surface area contributed by atoms with Gasteiger partial charge in [0.05, 0.1) is 12.8 Å². The molecule has 0 aliphatic heterocycles. The number of para-hydroxylation sites is 1. The number of carbonyl (C=O) groups excluding carboxylic acids is 1. The number of ether oxygens (including phenoxy) is 1. The fraction of sp³-hybridized carbons (Fsp3) is 0.0556. The normalized spacial score (nSPS) is 10.5. The summed E-state index contributed by atoms with van der Waals surface area (Å²) in [5.41, 5.74) is 2.33. The second-order valence-corrected chi connectivity index (χ2v) is 5.37. The first kappa shape index (κ1) is 15.2. The zero-order valence-corrected chi connectivity index (χ0v) is 13.1. The third-order valence-corrected chi connectivity index (χ3v) is 3.77. The van der Waals surface area contributed by atoms with Crippen LogP contribution in [0.3, 0.4) is 0 Å². The van der Waals surface area contributed by atoms with E-state index < -0.39 is 5.97 Å². The number of methoxy groups -OCH3 is 1. The molecule has 0 bridgehead atoms. The first-order valence-electron chi connectivity index (χ1n) is 6.96. The second kappa shape index (κ2) is 6.18. The van der Waals surface area contributed by atoms with Crippen molar-refractivity contribution >= 4 is 17.6 Å². The van der Waals surface area contributed by atoms with Crippen molar-refractivity contribution in [3.05, 3.63) is 71.4 Å². The van der Waals surface area contributed by atoms with Crippen LogP contribution in [0.4, 0.5) is 0 Å². The number of nitrogens with zero attached hydrogens (tertiary/aromatic N) is 1. The Hall–Kier alpha value is -2.72. The number of hydrogen-bond donors (Lipinski definition) is 1. The molecule has 4 nitrogen and oxygen atoms in total. The molecule has 1 N–H and O–H groups in total. The van der Waals surface area contributed by atoms with Gasteiger partial charge in [0.1, 0.15) is 5.75 Å². The van der Waals surface area contributed by atoms with Crippen LogP contribution in [0.5, 0.6) is 5.75 Å². The van der Waals surface area contributed by atoms with Crippen LogP contribution >= 0.6 is 11.6 Å². The minimum Gasteiger partial charge on any atom is -0.505 e. The van der Waals surface area contributed by atoms with Crippen LogP contribution in [-0.4, -0.2) is 22.8 Å². The standard InChI is InChI=1S/C18H14ClNO3/c1-23-18(22)17-16(21)11-15(12-7-9-13(19)10-8-12)20(17)14-5-3-2-4-6-14/h2-11,21H,1H3. The third kappa shape index (κ3) is 2.81. The van der Waals surface area contributed by atoms with E-state index in [1.165, 1.54) is 7.11 Å². The summed E-state index contributed by atoms with van der Waals surface area (Å²) in [5, 5.41) is 10.9. The third-order valence-electron chi connectivity index (χ3n) is 3.51. The number of carbonyl (C=O) groups is 1. The molecule has 0 amide bonds. The van der Waals surface area contributed by atoms with Crippen LogP contribution in [0.2, 0.25) is 5.02 Å². The van der Waals surface area contributed by atoms with E-state index in [0.717, 1.165) is 11.3 Å². The van der Waals surface area contributed by atoms with Gasteiger partial charge in [-0.05, 0) is 29.8 Å². The summed E-state index contributed by atoms with van der Waals surface area (Å²) < 4.78 is 6.48. The molecule has 0 aliphatic carbocycles. The van der Waals surface area contributed by atoms with Crippen molar-refractivity contribution in [2.24, 2.45) is 0 Å². The van der Waals surface area contributed by atoms with E-state index in [0.29, 0.717) is 10.7 Å². The lowest BCUT2D eigenvalue weighted by atomic mass is 10.1. The first-order valence-corrected chi connectivity index (χ1v) is 7.34. The summed E-state index contributed by atoms with van der Waals surface area (Å²) in [6.45, 7) is 0. The average Bonchev–Trinajstić information content (AvgIpc) is 2.93. The molecule has 2 aromatic carbocycles. The number of esters is 1. The van der Waals surface area contributed by atoms with Gasteiger partial charge < -0.3 is 14.4 Å². The van der Waals surface area contributed by atoms with Crippen molar-refractivity contribution < 1.29 is 14.6 Å². The highest BCUT2D eigenvalue weighted by atomic mass is 35.5. The van der Waals surface area contributed by atoms with E-state index in [1.54, 1.807) is 22.8 Å². The molecular weight excluding hydrogens is 314 g/mol. The van der Waals surface area contributed by atoms with Crippen LogP contribution in [0.15, 0.2) is 60.7 Å². The summed E-state index contributed by atoms with van der Waals surface area (Å²) in [6, 6.07) is 18.0. The molecule has 0 saturated carbocycles. The number of aromatic nitrogens is 1. The maximum Gasteiger partial charge on any atom is 0.358 e. The van der Waals surface area contributed by atoms with E-state index in [4.69, 9.17) is 16.3 Å². The van der Waals surface area contributed by atoms with Gasteiger partial charge in [-0.3, -0.25) is 0 Å². The fourth-order valence-corrected chi connectivity index (χ4v) is 2.59. The van der Waals surface area contributed by atoms with E-state index in [1.807, 2.05) is 42.5 Å². The van der Waals surface area contributed by atoms with E-state index >= 15 is 0 Å². The quantitative estimate of drug-likeness (QED) is 0.730. The zero-order valence-electron chi connectivity index (χ0n) is 12.4. The Labute approximate surface area is 138 Å². The molecule has 23 heavy (non-hydrogen) atoms. The molecule has 0 saturated heterocycles. The van der Waals surface area contributed by atoms with Gasteiger partial charge in [-0.25, -0.2) is 4.79 Å². The van der Waals surface area contributed by atoms with Crippen LogP contribution in [-0.2, 0) is 4.74 Å². The monoisotopic (exact) mass is 327 g/mol. The Bertz CT molecular complexity index is 839. The lowest BCUT2D eigenvalue weighted by Gasteiger charge is -2.12. The van der Waals surface area contributed by atoms with Gasteiger partial charge >= 0.3 is 5.97 Å². The van der Waals surface area contributed by atoms with Crippen molar-refractivity contribution in [1.82, 2.24) is 4.57 Å². The summed E-state index contributed by atoms with van der Waals surface area (Å²) in [6.07, 6.45) is 0. The number of aromatic hydroxyl groups is 1. The molecule has 3 aromatic rings. The minimum atomic E-state index is -0.605. The molecule has 116 valence electrons. The van der Waals surface area contributed by atoms with Crippen LogP contribution in [0.1, 0.15) is 10.5 Å². The Kier molecular flexibility index (Phi) is 4.08. The summed E-state index contributed by atoms with van der Waals surface area (Å²) in [7, 11) is 1.28. The van der Waals surface area contributed by atoms with Gasteiger partial charge in [-0.2, -0.15) is 0 Å². The van der Waals surface area contributed by atoms with Crippen molar-refractivity contribution in [2.45, 2.75) is 0 Å². The topological polar surface area (TPSA) is 51.5 Å². The van der Waals surface area contributed by atoms with Crippen molar-refractivity contribution in [3.8, 4) is 22.7 Å². The van der Waals surface area contributed by atoms with Gasteiger partial charge in [0.15, 0.2) is 5.69 Å². The van der Waals surface area contributed by atoms with Gasteiger partial charge in [-0.15, -0.1) is 0 Å². The lowest BCUT2D eigenvalue weighted by molar-refractivity contribution is 0.0588. The number of rotatable bonds is 3. The molecule has 1 aromatic heterocycles. The number of hydrogen-bond acceptors (Lipinski definition) is 3. The van der Waals surface area contributed by atoms with Crippen LogP contribution < -0.4 is 0 Å². The Morgan fingerprint density at radius 3 is 2.35 bits per heavy atom. The molecule has 0 atom stereocenters. The van der Waals surface area contributed by atoms with E-state index in [2.05, 4.69) is 0 Å². The summed E-state index contributed by atoms with van der Waals surface area (Å²) >= 11 is 5.94. The highest BCUT2D eigenvalue weighted by Crippen LogP contribution is 2.34. The number of halogens is 1. The van der Waals surface area contributed by atoms with Gasteiger partial charge in [0.25, 0.3) is 0 Å². The Balaban J connectivity index is 2.28. The number of benzene rings is 2. The van der Waals surface area contributed by atoms with Crippen molar-refractivity contribution in [2.75, 3.05) is 7.11 Å². The molecule has 0 fully saturated rings. The summed E-state index contributed by atoms with van der Waals surface area (Å²) in [5.74, 6) is -0.739. The molecule has 0 spiro atoms. The van der Waals surface area contributed by atoms with E-state index in [-0.39, 0.29) is 11.4 Å². The van der Waals surface area contributed by atoms with Crippen molar-refractivity contribution in [3.63, 3.8) is 0 Å². The molecule has 3 rings (SSSR count). The average molecular weight is 328 g/mol. The minimum absolute atomic E-state index is 0.0867. The maximum atomic E-state index is 12.1. The predicted octanol–water partition coefficient (Wildman–Crippen LogP) is 4.29. The van der Waals surface area contributed by atoms with Crippen LogP contribution in [0.25, 0.3) is 16.9 Å². The highest BCUT2D eigenvalue weighted by molar-refractivity contribution is 6.30. The van der Waals surface area contributed by atoms with Crippen LogP contribution in [0, 0.1) is 0 Å². The Morgan fingerprint density at radius 1 is 1.09 bits per heavy atom. The molecule has 0 unspecified atom stereocenters. The SMILES string of the molecule is COC(=O)c1c(O)cc(-c2ccc(Cl)cc2)n1-c1ccccc1. The van der Waals surface area contributed by atoms with Gasteiger partial charge in [0.2, 0.25) is 0 Å². The molecule has 0 radical (unpaired) electrons. The lowest BCUT2D eigenvalue weighted by Crippen LogP contribution is -2.10. The predicted molar refractivity (Wildman–Crippen MR) is 89.2 cm³/mol. The molecule has 1 heterocycles. The van der Waals surface area contributed by atoms with Gasteiger partial charge in [-0.1, -0.05) is 41.9 Å². The first-order chi connectivity index (χ1) is 11.1. The van der Waals surface area contributed by atoms with E-state index in [9.17, 15) is 9.90 Å². The van der Waals surface area contributed by atoms with Crippen molar-refractivity contribution in [1.29, 1.82) is 0 Å².